The van der Waals surface area contributed by atoms with Crippen LogP contribution < -0.4 is 0 Å². The standard InChI is InChI=1S/C12H8ClF3O/c13-11(12(14,15)16)9-6-5-7-3-1-2-4-8(7)10(9)17/h1-4H,5-6H2/b11-9+. The van der Waals surface area contributed by atoms with Gasteiger partial charge in [0, 0.05) is 11.1 Å². The number of Topliss-reactive ketones (excluding diaryl/α,β-unsaturated/α-hetero) is 1. The van der Waals surface area contributed by atoms with E-state index in [2.05, 4.69) is 0 Å². The van der Waals surface area contributed by atoms with Crippen LogP contribution in [-0.4, -0.2) is 12.0 Å². The third-order valence-corrected chi connectivity index (χ3v) is 3.14. The Morgan fingerprint density at radius 2 is 1.82 bits per heavy atom. The van der Waals surface area contributed by atoms with Gasteiger partial charge in [0.15, 0.2) is 5.78 Å². The van der Waals surface area contributed by atoms with E-state index >= 15 is 0 Å². The molecule has 0 radical (unpaired) electrons. The number of fused-ring (bicyclic) bond motifs is 1. The Labute approximate surface area is 101 Å². The first-order chi connectivity index (χ1) is 7.91. The normalized spacial score (nSPS) is 18.9. The fourth-order valence-electron chi connectivity index (χ4n) is 1.88. The molecule has 0 N–H and O–H groups in total. The molecule has 5 heteroatoms. The van der Waals surface area contributed by atoms with Crippen LogP contribution >= 0.6 is 11.6 Å². The van der Waals surface area contributed by atoms with Crippen LogP contribution in [0.5, 0.6) is 0 Å². The highest BCUT2D eigenvalue weighted by Gasteiger charge is 2.38. The van der Waals surface area contributed by atoms with E-state index in [1.54, 1.807) is 18.2 Å². The first kappa shape index (κ1) is 12.2. The predicted molar refractivity (Wildman–Crippen MR) is 58.0 cm³/mol. The molecule has 0 aliphatic heterocycles. The van der Waals surface area contributed by atoms with Gasteiger partial charge in [0.2, 0.25) is 0 Å². The van der Waals surface area contributed by atoms with E-state index in [-0.39, 0.29) is 12.0 Å². The average molecular weight is 261 g/mol. The molecular formula is C12H8ClF3O. The van der Waals surface area contributed by atoms with Crippen LogP contribution in [0.4, 0.5) is 13.2 Å². The Bertz CT molecular complexity index is 503. The van der Waals surface area contributed by atoms with Gasteiger partial charge in [-0.25, -0.2) is 0 Å². The lowest BCUT2D eigenvalue weighted by Crippen LogP contribution is -2.20. The number of carbonyl (C=O) groups excluding carboxylic acids is 1. The second kappa shape index (κ2) is 4.18. The van der Waals surface area contributed by atoms with E-state index in [1.807, 2.05) is 0 Å². The van der Waals surface area contributed by atoms with E-state index in [9.17, 15) is 18.0 Å². The third-order valence-electron chi connectivity index (χ3n) is 2.69. The smallest absolute Gasteiger partial charge is 0.289 e. The van der Waals surface area contributed by atoms with Gasteiger partial charge in [-0.2, -0.15) is 13.2 Å². The van der Waals surface area contributed by atoms with Crippen molar-refractivity contribution in [2.75, 3.05) is 0 Å². The number of rotatable bonds is 0. The van der Waals surface area contributed by atoms with Gasteiger partial charge in [0.1, 0.15) is 5.03 Å². The fourth-order valence-corrected chi connectivity index (χ4v) is 2.06. The minimum atomic E-state index is -4.65. The monoisotopic (exact) mass is 260 g/mol. The summed E-state index contributed by atoms with van der Waals surface area (Å²) in [7, 11) is 0. The van der Waals surface area contributed by atoms with Crippen molar-refractivity contribution in [2.45, 2.75) is 19.0 Å². The number of carbonyl (C=O) groups is 1. The lowest BCUT2D eigenvalue weighted by atomic mass is 9.86. The zero-order valence-electron chi connectivity index (χ0n) is 8.64. The maximum absolute atomic E-state index is 12.4. The van der Waals surface area contributed by atoms with Crippen molar-refractivity contribution in [3.63, 3.8) is 0 Å². The number of alkyl halides is 3. The molecule has 90 valence electrons. The van der Waals surface area contributed by atoms with Crippen LogP contribution in [0.2, 0.25) is 0 Å². The van der Waals surface area contributed by atoms with Gasteiger partial charge in [-0.15, -0.1) is 0 Å². The van der Waals surface area contributed by atoms with Gasteiger partial charge in [-0.3, -0.25) is 4.79 Å². The predicted octanol–water partition coefficient (Wildman–Crippen LogP) is 3.87. The molecule has 1 aromatic carbocycles. The Morgan fingerprint density at radius 3 is 2.47 bits per heavy atom. The summed E-state index contributed by atoms with van der Waals surface area (Å²) in [6.07, 6.45) is -4.21. The van der Waals surface area contributed by atoms with E-state index in [0.717, 1.165) is 5.56 Å². The maximum Gasteiger partial charge on any atom is 0.427 e. The highest BCUT2D eigenvalue weighted by Crippen LogP contribution is 2.36. The Morgan fingerprint density at radius 1 is 1.18 bits per heavy atom. The van der Waals surface area contributed by atoms with Gasteiger partial charge < -0.3 is 0 Å². The topological polar surface area (TPSA) is 17.1 Å². The van der Waals surface area contributed by atoms with E-state index in [1.165, 1.54) is 6.07 Å². The molecule has 1 aromatic rings. The molecular weight excluding hydrogens is 253 g/mol. The SMILES string of the molecule is O=C1/C(=C(/Cl)C(F)(F)F)CCc2ccccc21. The number of hydrogen-bond donors (Lipinski definition) is 0. The zero-order valence-corrected chi connectivity index (χ0v) is 9.40. The molecule has 1 aliphatic carbocycles. The van der Waals surface area contributed by atoms with Crippen molar-refractivity contribution in [2.24, 2.45) is 0 Å². The highest BCUT2D eigenvalue weighted by atomic mass is 35.5. The fraction of sp³-hybridized carbons (Fsp3) is 0.250. The number of allylic oxidation sites excluding steroid dienone is 2. The zero-order chi connectivity index (χ0) is 12.6. The number of aryl methyl sites for hydroxylation is 1. The Hall–Kier alpha value is -1.29. The van der Waals surface area contributed by atoms with E-state index < -0.39 is 17.0 Å². The van der Waals surface area contributed by atoms with Crippen LogP contribution in [0, 0.1) is 0 Å². The number of hydrogen-bond acceptors (Lipinski definition) is 1. The summed E-state index contributed by atoms with van der Waals surface area (Å²) >= 11 is 5.23. The minimum Gasteiger partial charge on any atom is -0.289 e. The van der Waals surface area contributed by atoms with Crippen molar-refractivity contribution in [3.05, 3.63) is 46.0 Å². The molecule has 1 aliphatic rings. The van der Waals surface area contributed by atoms with E-state index in [4.69, 9.17) is 11.6 Å². The highest BCUT2D eigenvalue weighted by molar-refractivity contribution is 6.33. The summed E-state index contributed by atoms with van der Waals surface area (Å²) in [5.74, 6) is -0.617. The minimum absolute atomic E-state index is 0.0359. The van der Waals surface area contributed by atoms with Gasteiger partial charge in [-0.05, 0) is 18.4 Å². The average Bonchev–Trinajstić information content (AvgIpc) is 2.28. The van der Waals surface area contributed by atoms with Crippen molar-refractivity contribution in [1.82, 2.24) is 0 Å². The van der Waals surface area contributed by atoms with Gasteiger partial charge in [0.25, 0.3) is 0 Å². The van der Waals surface area contributed by atoms with Gasteiger partial charge in [-0.1, -0.05) is 35.9 Å². The Balaban J connectivity index is 2.49. The largest absolute Gasteiger partial charge is 0.427 e. The summed E-state index contributed by atoms with van der Waals surface area (Å²) in [6, 6.07) is 6.65. The molecule has 0 unspecified atom stereocenters. The van der Waals surface area contributed by atoms with E-state index in [0.29, 0.717) is 12.0 Å². The summed E-state index contributed by atoms with van der Waals surface area (Å²) < 4.78 is 37.3. The first-order valence-corrected chi connectivity index (χ1v) is 5.37. The summed E-state index contributed by atoms with van der Waals surface area (Å²) in [5.41, 5.74) is 0.752. The second-order valence-electron chi connectivity index (χ2n) is 3.78. The van der Waals surface area contributed by atoms with Gasteiger partial charge >= 0.3 is 6.18 Å². The number of halogens is 4. The molecule has 0 aromatic heterocycles. The van der Waals surface area contributed by atoms with Crippen LogP contribution in [-0.2, 0) is 6.42 Å². The second-order valence-corrected chi connectivity index (χ2v) is 4.15. The van der Waals surface area contributed by atoms with Crippen LogP contribution in [0.15, 0.2) is 34.9 Å². The summed E-state index contributed by atoms with van der Waals surface area (Å²) in [5, 5.41) is -1.29. The molecule has 0 saturated heterocycles. The summed E-state index contributed by atoms with van der Waals surface area (Å²) in [4.78, 5) is 11.9. The Kier molecular flexibility index (Phi) is 3.00. The molecule has 0 bridgehead atoms. The molecule has 0 heterocycles. The number of benzene rings is 1. The lowest BCUT2D eigenvalue weighted by molar-refractivity contribution is -0.0853. The molecule has 0 atom stereocenters. The molecule has 1 nitrogen and oxygen atoms in total. The summed E-state index contributed by atoms with van der Waals surface area (Å²) in [6.45, 7) is 0. The molecule has 17 heavy (non-hydrogen) atoms. The van der Waals surface area contributed by atoms with Crippen molar-refractivity contribution < 1.29 is 18.0 Å². The molecule has 0 amide bonds. The van der Waals surface area contributed by atoms with Gasteiger partial charge in [0.05, 0.1) is 0 Å². The van der Waals surface area contributed by atoms with Crippen LogP contribution in [0.3, 0.4) is 0 Å². The quantitative estimate of drug-likeness (QED) is 0.647. The number of ketones is 1. The van der Waals surface area contributed by atoms with Crippen molar-refractivity contribution in [1.29, 1.82) is 0 Å². The molecule has 2 rings (SSSR count). The van der Waals surface area contributed by atoms with Crippen LogP contribution in [0.1, 0.15) is 22.3 Å². The third kappa shape index (κ3) is 2.22. The van der Waals surface area contributed by atoms with Crippen molar-refractivity contribution >= 4 is 17.4 Å². The van der Waals surface area contributed by atoms with Crippen molar-refractivity contribution in [3.8, 4) is 0 Å². The molecule has 0 saturated carbocycles. The maximum atomic E-state index is 12.4. The first-order valence-electron chi connectivity index (χ1n) is 4.99. The molecule has 0 spiro atoms. The van der Waals surface area contributed by atoms with Crippen LogP contribution in [0.25, 0.3) is 0 Å². The lowest BCUT2D eigenvalue weighted by Gasteiger charge is -2.19. The molecule has 0 fully saturated rings.